The number of nitrogens with one attached hydrogen (secondary N) is 1. The number of aromatic nitrogens is 2. The molecular formula is C11H19N3O2S3. The zero-order valence-electron chi connectivity index (χ0n) is 11.3. The number of thioether (sulfide) groups is 2. The van der Waals surface area contributed by atoms with Crippen molar-refractivity contribution in [2.24, 2.45) is 0 Å². The third-order valence-electron chi connectivity index (χ3n) is 2.32. The van der Waals surface area contributed by atoms with E-state index in [1.807, 2.05) is 6.26 Å². The van der Waals surface area contributed by atoms with Crippen LogP contribution >= 0.6 is 34.9 Å². The summed E-state index contributed by atoms with van der Waals surface area (Å²) < 4.78 is 6.71. The van der Waals surface area contributed by atoms with Gasteiger partial charge >= 0.3 is 5.97 Å². The van der Waals surface area contributed by atoms with E-state index >= 15 is 0 Å². The van der Waals surface area contributed by atoms with E-state index < -0.39 is 0 Å². The largest absolute Gasteiger partial charge is 0.468 e. The smallest absolute Gasteiger partial charge is 0.322 e. The van der Waals surface area contributed by atoms with E-state index in [0.29, 0.717) is 0 Å². The highest BCUT2D eigenvalue weighted by Gasteiger charge is 2.18. The third kappa shape index (κ3) is 6.11. The molecule has 0 spiro atoms. The average molecular weight is 321 g/mol. The Kier molecular flexibility index (Phi) is 8.43. The fourth-order valence-electron chi connectivity index (χ4n) is 1.37. The highest BCUT2D eigenvalue weighted by molar-refractivity contribution is 8.02. The van der Waals surface area contributed by atoms with Gasteiger partial charge in [-0.25, -0.2) is 0 Å². The molecule has 5 nitrogen and oxygen atoms in total. The number of hydrogen-bond acceptors (Lipinski definition) is 8. The lowest BCUT2D eigenvalue weighted by molar-refractivity contribution is -0.143. The predicted molar refractivity (Wildman–Crippen MR) is 81.1 cm³/mol. The molecule has 0 fully saturated rings. The highest BCUT2D eigenvalue weighted by Crippen LogP contribution is 2.27. The maximum atomic E-state index is 11.6. The lowest BCUT2D eigenvalue weighted by Crippen LogP contribution is -2.38. The van der Waals surface area contributed by atoms with Crippen LogP contribution in [0.1, 0.15) is 19.8 Å². The normalized spacial score (nSPS) is 12.4. The van der Waals surface area contributed by atoms with Gasteiger partial charge in [-0.15, -0.1) is 10.2 Å². The van der Waals surface area contributed by atoms with E-state index in [4.69, 9.17) is 4.74 Å². The van der Waals surface area contributed by atoms with Crippen LogP contribution in [0.4, 0.5) is 0 Å². The quantitative estimate of drug-likeness (QED) is 0.553. The van der Waals surface area contributed by atoms with Gasteiger partial charge in [0, 0.05) is 5.75 Å². The van der Waals surface area contributed by atoms with Gasteiger partial charge in [0.2, 0.25) is 0 Å². The van der Waals surface area contributed by atoms with Crippen molar-refractivity contribution in [2.45, 2.75) is 34.5 Å². The van der Waals surface area contributed by atoms with Gasteiger partial charge in [0.15, 0.2) is 8.68 Å². The van der Waals surface area contributed by atoms with Gasteiger partial charge < -0.3 is 10.1 Å². The summed E-state index contributed by atoms with van der Waals surface area (Å²) in [4.78, 5) is 11.6. The van der Waals surface area contributed by atoms with Crippen LogP contribution in [-0.2, 0) is 9.53 Å². The Hall–Kier alpha value is -0.310. The number of hydrogen-bond donors (Lipinski definition) is 1. The van der Waals surface area contributed by atoms with Gasteiger partial charge in [-0.3, -0.25) is 4.79 Å². The predicted octanol–water partition coefficient (Wildman–Crippen LogP) is 2.28. The molecule has 108 valence electrons. The van der Waals surface area contributed by atoms with Gasteiger partial charge in [-0.2, -0.15) is 0 Å². The molecule has 8 heteroatoms. The van der Waals surface area contributed by atoms with Crippen LogP contribution in [0.25, 0.3) is 0 Å². The molecule has 1 aromatic heterocycles. The fourth-order valence-corrected chi connectivity index (χ4v) is 3.88. The minimum absolute atomic E-state index is 0.198. The number of carbonyl (C=O) groups is 1. The molecule has 19 heavy (non-hydrogen) atoms. The second-order valence-corrected chi connectivity index (χ2v) is 7.08. The first-order valence-electron chi connectivity index (χ1n) is 6.02. The minimum Gasteiger partial charge on any atom is -0.468 e. The molecule has 0 bridgehead atoms. The third-order valence-corrected chi connectivity index (χ3v) is 5.39. The summed E-state index contributed by atoms with van der Waals surface area (Å²) in [5.41, 5.74) is 0. The summed E-state index contributed by atoms with van der Waals surface area (Å²) in [6.07, 6.45) is 3.70. The molecule has 0 aliphatic carbocycles. The van der Waals surface area contributed by atoms with Crippen LogP contribution < -0.4 is 5.32 Å². The van der Waals surface area contributed by atoms with E-state index in [-0.39, 0.29) is 12.0 Å². The Morgan fingerprint density at radius 3 is 2.79 bits per heavy atom. The number of esters is 1. The molecule has 0 aromatic carbocycles. The number of nitrogens with zero attached hydrogens (tertiary/aromatic N) is 2. The van der Waals surface area contributed by atoms with Gasteiger partial charge in [0.05, 0.1) is 7.11 Å². The van der Waals surface area contributed by atoms with Gasteiger partial charge in [-0.05, 0) is 25.6 Å². The summed E-state index contributed by atoms with van der Waals surface area (Å²) in [6.45, 7) is 2.89. The summed E-state index contributed by atoms with van der Waals surface area (Å²) in [7, 11) is 1.42. The molecule has 0 aliphatic rings. The second kappa shape index (κ2) is 9.57. The zero-order chi connectivity index (χ0) is 14.1. The van der Waals surface area contributed by atoms with Crippen molar-refractivity contribution < 1.29 is 9.53 Å². The van der Waals surface area contributed by atoms with Crippen molar-refractivity contribution in [2.75, 3.05) is 25.7 Å². The maximum Gasteiger partial charge on any atom is 0.322 e. The van der Waals surface area contributed by atoms with Crippen LogP contribution in [0, 0.1) is 0 Å². The molecule has 0 saturated carbocycles. The number of carbonyl (C=O) groups excluding carboxylic acids is 1. The van der Waals surface area contributed by atoms with Crippen LogP contribution in [0.3, 0.4) is 0 Å². The molecule has 0 radical (unpaired) electrons. The van der Waals surface area contributed by atoms with E-state index in [9.17, 15) is 4.79 Å². The van der Waals surface area contributed by atoms with Crippen LogP contribution in [0.5, 0.6) is 0 Å². The van der Waals surface area contributed by atoms with Crippen molar-refractivity contribution >= 4 is 40.8 Å². The molecule has 1 unspecified atom stereocenters. The Balaban J connectivity index is 2.36. The van der Waals surface area contributed by atoms with Gasteiger partial charge in [0.1, 0.15) is 6.04 Å². The van der Waals surface area contributed by atoms with E-state index in [2.05, 4.69) is 22.4 Å². The van der Waals surface area contributed by atoms with Crippen molar-refractivity contribution in [1.29, 1.82) is 0 Å². The van der Waals surface area contributed by atoms with Crippen molar-refractivity contribution in [3.8, 4) is 0 Å². The Morgan fingerprint density at radius 1 is 1.47 bits per heavy atom. The van der Waals surface area contributed by atoms with Crippen molar-refractivity contribution in [3.05, 3.63) is 0 Å². The van der Waals surface area contributed by atoms with Crippen LogP contribution in [-0.4, -0.2) is 47.9 Å². The zero-order valence-corrected chi connectivity index (χ0v) is 13.8. The maximum absolute atomic E-state index is 11.6. The first-order valence-corrected chi connectivity index (χ1v) is 9.05. The highest BCUT2D eigenvalue weighted by atomic mass is 32.2. The van der Waals surface area contributed by atoms with Crippen LogP contribution in [0.2, 0.25) is 0 Å². The molecule has 1 N–H and O–H groups in total. The number of rotatable bonds is 9. The Morgan fingerprint density at radius 2 is 2.21 bits per heavy atom. The fraction of sp³-hybridized carbons (Fsp3) is 0.727. The molecule has 0 amide bonds. The SMILES string of the molecule is CCCNC(CCSc1nnc(SC)s1)C(=O)OC. The topological polar surface area (TPSA) is 64.1 Å². The first-order chi connectivity index (χ1) is 9.21. The standard InChI is InChI=1S/C11H19N3O2S3/c1-4-6-12-8(9(15)16-2)5-7-18-11-14-13-10(17-3)19-11/h8,12H,4-7H2,1-3H3. The lowest BCUT2D eigenvalue weighted by atomic mass is 10.2. The van der Waals surface area contributed by atoms with Gasteiger partial charge in [0.25, 0.3) is 0 Å². The van der Waals surface area contributed by atoms with E-state index in [1.165, 1.54) is 7.11 Å². The first kappa shape index (κ1) is 16.7. The molecular weight excluding hydrogens is 302 g/mol. The summed E-state index contributed by atoms with van der Waals surface area (Å²) >= 11 is 4.81. The average Bonchev–Trinajstić information content (AvgIpc) is 2.89. The molecule has 1 atom stereocenters. The van der Waals surface area contributed by atoms with Crippen molar-refractivity contribution in [3.63, 3.8) is 0 Å². The minimum atomic E-state index is -0.231. The van der Waals surface area contributed by atoms with Gasteiger partial charge in [-0.1, -0.05) is 41.8 Å². The molecule has 1 rings (SSSR count). The summed E-state index contributed by atoms with van der Waals surface area (Å²) in [5.74, 6) is 0.621. The Labute approximate surface area is 126 Å². The van der Waals surface area contributed by atoms with E-state index in [0.717, 1.165) is 33.8 Å². The molecule has 0 aliphatic heterocycles. The summed E-state index contributed by atoms with van der Waals surface area (Å²) in [5, 5.41) is 11.3. The number of ether oxygens (including phenoxy) is 1. The lowest BCUT2D eigenvalue weighted by Gasteiger charge is -2.15. The molecule has 0 saturated heterocycles. The second-order valence-electron chi connectivity index (χ2n) is 3.71. The molecule has 1 heterocycles. The van der Waals surface area contributed by atoms with Crippen LogP contribution in [0.15, 0.2) is 8.68 Å². The summed E-state index contributed by atoms with van der Waals surface area (Å²) in [6, 6.07) is -0.231. The molecule has 1 aromatic rings. The Bertz CT molecular complexity index is 387. The monoisotopic (exact) mass is 321 g/mol. The van der Waals surface area contributed by atoms with E-state index in [1.54, 1.807) is 34.9 Å². The number of methoxy groups -OCH3 is 1. The van der Waals surface area contributed by atoms with Crippen molar-refractivity contribution in [1.82, 2.24) is 15.5 Å².